The van der Waals surface area contributed by atoms with Crippen LogP contribution in [0.2, 0.25) is 0 Å². The highest BCUT2D eigenvalue weighted by atomic mass is 35.5. The lowest BCUT2D eigenvalue weighted by atomic mass is 9.94. The van der Waals surface area contributed by atoms with E-state index in [9.17, 15) is 4.79 Å². The number of nitrogens with two attached hydrogens (primary N) is 1. The number of ether oxygens (including phenoxy) is 1. The number of morpholine rings is 1. The fraction of sp³-hybridized carbons (Fsp3) is 0.941. The van der Waals surface area contributed by atoms with Crippen molar-refractivity contribution < 1.29 is 9.53 Å². The van der Waals surface area contributed by atoms with Gasteiger partial charge < -0.3 is 15.4 Å². The van der Waals surface area contributed by atoms with Gasteiger partial charge in [0.2, 0.25) is 5.91 Å². The largest absolute Gasteiger partial charge is 0.373 e. The Bertz CT molecular complexity index is 367. The molecule has 2 fully saturated rings. The molecule has 2 aliphatic heterocycles. The molecule has 2 heterocycles. The van der Waals surface area contributed by atoms with Crippen molar-refractivity contribution in [2.24, 2.45) is 17.6 Å². The number of piperidine rings is 1. The summed E-state index contributed by atoms with van der Waals surface area (Å²) in [7, 11) is 0. The summed E-state index contributed by atoms with van der Waals surface area (Å²) in [6, 6.07) is -0.0680. The quantitative estimate of drug-likeness (QED) is 0.807. The van der Waals surface area contributed by atoms with Gasteiger partial charge in [-0.1, -0.05) is 6.92 Å². The molecule has 2 aliphatic rings. The average Bonchev–Trinajstić information content (AvgIpc) is 2.45. The SMILES string of the molecule is CC1CN(CC2CCN(C(=O)C(C)C(C)N)CC2)CC(C)O1.Cl.Cl. The molecule has 2 rings (SSSR count). The van der Waals surface area contributed by atoms with E-state index in [0.29, 0.717) is 18.1 Å². The van der Waals surface area contributed by atoms with E-state index in [0.717, 1.165) is 45.6 Å². The standard InChI is InChI=1S/C17H33N3O2.2ClH/c1-12-9-19(10-13(2)22-12)11-16-5-7-20(8-6-16)17(21)14(3)15(4)18;;/h12-16H,5-11,18H2,1-4H3;2*1H. The van der Waals surface area contributed by atoms with E-state index in [1.165, 1.54) is 0 Å². The second-order valence-electron chi connectivity index (χ2n) is 7.39. The van der Waals surface area contributed by atoms with Crippen molar-refractivity contribution >= 4 is 30.7 Å². The summed E-state index contributed by atoms with van der Waals surface area (Å²) in [5.74, 6) is 0.853. The topological polar surface area (TPSA) is 58.8 Å². The molecule has 4 atom stereocenters. The van der Waals surface area contributed by atoms with Crippen molar-refractivity contribution in [1.82, 2.24) is 9.80 Å². The predicted molar refractivity (Wildman–Crippen MR) is 103 cm³/mol. The third-order valence-electron chi connectivity index (χ3n) is 5.12. The predicted octanol–water partition coefficient (Wildman–Crippen LogP) is 2.16. The maximum atomic E-state index is 12.3. The number of nitrogens with zero attached hydrogens (tertiary/aromatic N) is 2. The van der Waals surface area contributed by atoms with Crippen LogP contribution in [0, 0.1) is 11.8 Å². The smallest absolute Gasteiger partial charge is 0.226 e. The zero-order valence-corrected chi connectivity index (χ0v) is 17.1. The molecule has 2 saturated heterocycles. The number of halogens is 2. The van der Waals surface area contributed by atoms with E-state index in [2.05, 4.69) is 18.7 Å². The first-order valence-corrected chi connectivity index (χ1v) is 8.79. The summed E-state index contributed by atoms with van der Waals surface area (Å²) in [5, 5.41) is 0. The Hall–Kier alpha value is -0.0700. The van der Waals surface area contributed by atoms with Gasteiger partial charge in [-0.2, -0.15) is 0 Å². The third-order valence-corrected chi connectivity index (χ3v) is 5.12. The highest BCUT2D eigenvalue weighted by Gasteiger charge is 2.30. The van der Waals surface area contributed by atoms with Crippen LogP contribution in [0.3, 0.4) is 0 Å². The van der Waals surface area contributed by atoms with Crippen molar-refractivity contribution in [3.63, 3.8) is 0 Å². The maximum Gasteiger partial charge on any atom is 0.226 e. The molecule has 0 saturated carbocycles. The maximum absolute atomic E-state index is 12.3. The fourth-order valence-electron chi connectivity index (χ4n) is 3.65. The van der Waals surface area contributed by atoms with Gasteiger partial charge in [-0.15, -0.1) is 24.8 Å². The number of hydrogen-bond acceptors (Lipinski definition) is 4. The van der Waals surface area contributed by atoms with E-state index >= 15 is 0 Å². The van der Waals surface area contributed by atoms with Crippen LogP contribution in [-0.2, 0) is 9.53 Å². The number of amides is 1. The van der Waals surface area contributed by atoms with Crippen molar-refractivity contribution in [2.75, 3.05) is 32.7 Å². The van der Waals surface area contributed by atoms with Crippen LogP contribution in [0.1, 0.15) is 40.5 Å². The molecule has 0 aromatic carbocycles. The first-order valence-electron chi connectivity index (χ1n) is 8.79. The lowest BCUT2D eigenvalue weighted by Gasteiger charge is -2.40. The zero-order chi connectivity index (χ0) is 16.3. The number of carbonyl (C=O) groups is 1. The molecule has 0 aromatic heterocycles. The van der Waals surface area contributed by atoms with Gasteiger partial charge in [0, 0.05) is 38.8 Å². The van der Waals surface area contributed by atoms with Gasteiger partial charge >= 0.3 is 0 Å². The zero-order valence-electron chi connectivity index (χ0n) is 15.4. The van der Waals surface area contributed by atoms with Crippen LogP contribution in [0.4, 0.5) is 0 Å². The summed E-state index contributed by atoms with van der Waals surface area (Å²) in [4.78, 5) is 16.9. The van der Waals surface area contributed by atoms with E-state index in [4.69, 9.17) is 10.5 Å². The molecule has 0 aliphatic carbocycles. The molecule has 2 N–H and O–H groups in total. The highest BCUT2D eigenvalue weighted by molar-refractivity contribution is 5.85. The Morgan fingerprint density at radius 2 is 1.62 bits per heavy atom. The van der Waals surface area contributed by atoms with E-state index < -0.39 is 0 Å². The van der Waals surface area contributed by atoms with Gasteiger partial charge in [0.25, 0.3) is 0 Å². The van der Waals surface area contributed by atoms with E-state index in [1.807, 2.05) is 18.7 Å². The summed E-state index contributed by atoms with van der Waals surface area (Å²) in [6.07, 6.45) is 2.88. The Balaban J connectivity index is 0.00000264. The van der Waals surface area contributed by atoms with Gasteiger partial charge in [-0.3, -0.25) is 9.69 Å². The van der Waals surface area contributed by atoms with Crippen LogP contribution in [0.15, 0.2) is 0 Å². The normalized spacial score (nSPS) is 28.5. The van der Waals surface area contributed by atoms with Crippen molar-refractivity contribution in [3.05, 3.63) is 0 Å². The van der Waals surface area contributed by atoms with Crippen LogP contribution in [0.5, 0.6) is 0 Å². The lowest BCUT2D eigenvalue weighted by Crippen LogP contribution is -2.49. The minimum atomic E-state index is -0.0718. The average molecular weight is 384 g/mol. The molecular formula is C17H35Cl2N3O2. The molecule has 5 nitrogen and oxygen atoms in total. The van der Waals surface area contributed by atoms with E-state index in [1.54, 1.807) is 0 Å². The van der Waals surface area contributed by atoms with Crippen LogP contribution >= 0.6 is 24.8 Å². The van der Waals surface area contributed by atoms with E-state index in [-0.39, 0.29) is 42.7 Å². The van der Waals surface area contributed by atoms with Gasteiger partial charge in [0.05, 0.1) is 18.1 Å². The molecule has 0 radical (unpaired) electrons. The summed E-state index contributed by atoms with van der Waals surface area (Å²) in [5.41, 5.74) is 5.85. The first-order chi connectivity index (χ1) is 10.4. The second kappa shape index (κ2) is 10.8. The summed E-state index contributed by atoms with van der Waals surface area (Å²) >= 11 is 0. The number of likely N-dealkylation sites (tertiary alicyclic amines) is 1. The number of rotatable bonds is 4. The molecule has 0 bridgehead atoms. The molecule has 24 heavy (non-hydrogen) atoms. The number of hydrogen-bond donors (Lipinski definition) is 1. The van der Waals surface area contributed by atoms with Crippen LogP contribution in [-0.4, -0.2) is 66.7 Å². The van der Waals surface area contributed by atoms with Gasteiger partial charge in [-0.05, 0) is 39.5 Å². The molecule has 144 valence electrons. The van der Waals surface area contributed by atoms with Gasteiger partial charge in [0.15, 0.2) is 0 Å². The summed E-state index contributed by atoms with van der Waals surface area (Å²) < 4.78 is 5.80. The fourth-order valence-corrected chi connectivity index (χ4v) is 3.65. The summed E-state index contributed by atoms with van der Waals surface area (Å²) in [6.45, 7) is 13.1. The molecule has 7 heteroatoms. The third kappa shape index (κ3) is 6.68. The molecule has 1 amide bonds. The molecule has 4 unspecified atom stereocenters. The monoisotopic (exact) mass is 383 g/mol. The van der Waals surface area contributed by atoms with Crippen molar-refractivity contribution in [2.45, 2.75) is 58.8 Å². The second-order valence-corrected chi connectivity index (χ2v) is 7.39. The van der Waals surface area contributed by atoms with Crippen molar-refractivity contribution in [1.29, 1.82) is 0 Å². The molecular weight excluding hydrogens is 349 g/mol. The Kier molecular flexibility index (Phi) is 10.8. The first kappa shape index (κ1) is 23.9. The van der Waals surface area contributed by atoms with Gasteiger partial charge in [0.1, 0.15) is 0 Å². The molecule has 0 aromatic rings. The van der Waals surface area contributed by atoms with Gasteiger partial charge in [-0.25, -0.2) is 0 Å². The minimum absolute atomic E-state index is 0. The van der Waals surface area contributed by atoms with Crippen molar-refractivity contribution in [3.8, 4) is 0 Å². The van der Waals surface area contributed by atoms with Crippen LogP contribution < -0.4 is 5.73 Å². The minimum Gasteiger partial charge on any atom is -0.373 e. The van der Waals surface area contributed by atoms with Crippen LogP contribution in [0.25, 0.3) is 0 Å². The Morgan fingerprint density at radius 1 is 1.12 bits per heavy atom. The molecule has 0 spiro atoms. The Labute approximate surface area is 159 Å². The Morgan fingerprint density at radius 3 is 2.08 bits per heavy atom. The highest BCUT2D eigenvalue weighted by Crippen LogP contribution is 2.22. The lowest BCUT2D eigenvalue weighted by molar-refractivity contribution is -0.137. The number of carbonyl (C=O) groups excluding carboxylic acids is 1.